The van der Waals surface area contributed by atoms with Gasteiger partial charge in [-0.15, -0.1) is 11.3 Å². The maximum atomic E-state index is 12.6. The molecule has 8 heteroatoms. The number of sulfonamides is 1. The lowest BCUT2D eigenvalue weighted by Gasteiger charge is -2.33. The zero-order chi connectivity index (χ0) is 21.0. The molecule has 1 saturated heterocycles. The summed E-state index contributed by atoms with van der Waals surface area (Å²) in [7, 11) is -3.43. The lowest BCUT2D eigenvalue weighted by atomic mass is 10.0. The van der Waals surface area contributed by atoms with Gasteiger partial charge in [0, 0.05) is 37.4 Å². The number of rotatable bonds is 6. The second-order valence-electron chi connectivity index (χ2n) is 7.07. The van der Waals surface area contributed by atoms with E-state index in [0.717, 1.165) is 16.8 Å². The molecule has 1 fully saturated rings. The van der Waals surface area contributed by atoms with E-state index in [-0.39, 0.29) is 12.5 Å². The van der Waals surface area contributed by atoms with E-state index >= 15 is 0 Å². The SMILES string of the molecule is O=C(CN1CCN(S(=O)(=O)c2cccs2)CC1)Nc1ccccc1-c1ccccc1. The highest BCUT2D eigenvalue weighted by Crippen LogP contribution is 2.27. The predicted molar refractivity (Wildman–Crippen MR) is 120 cm³/mol. The van der Waals surface area contributed by atoms with Crippen molar-refractivity contribution >= 4 is 33.0 Å². The molecular formula is C22H23N3O3S2. The molecule has 1 aliphatic rings. The summed E-state index contributed by atoms with van der Waals surface area (Å²) in [5, 5.41) is 4.77. The molecule has 3 aromatic rings. The molecule has 1 amide bonds. The van der Waals surface area contributed by atoms with E-state index in [4.69, 9.17) is 0 Å². The van der Waals surface area contributed by atoms with E-state index < -0.39 is 10.0 Å². The number of anilines is 1. The minimum atomic E-state index is -3.43. The second kappa shape index (κ2) is 9.09. The Hall–Kier alpha value is -2.52. The van der Waals surface area contributed by atoms with Crippen LogP contribution < -0.4 is 5.32 Å². The Kier molecular flexibility index (Phi) is 6.29. The number of benzene rings is 2. The van der Waals surface area contributed by atoms with Gasteiger partial charge in [0.05, 0.1) is 6.54 Å². The fourth-order valence-corrected chi connectivity index (χ4v) is 6.09. The molecule has 2 heterocycles. The van der Waals surface area contributed by atoms with Crippen molar-refractivity contribution in [2.45, 2.75) is 4.21 Å². The summed E-state index contributed by atoms with van der Waals surface area (Å²) >= 11 is 1.23. The maximum absolute atomic E-state index is 12.6. The number of para-hydroxylation sites is 1. The highest BCUT2D eigenvalue weighted by atomic mass is 32.2. The number of thiophene rings is 1. The van der Waals surface area contributed by atoms with Crippen molar-refractivity contribution in [3.8, 4) is 11.1 Å². The lowest BCUT2D eigenvalue weighted by Crippen LogP contribution is -2.50. The highest BCUT2D eigenvalue weighted by molar-refractivity contribution is 7.91. The molecule has 156 valence electrons. The number of nitrogens with one attached hydrogen (secondary N) is 1. The average molecular weight is 442 g/mol. The van der Waals surface area contributed by atoms with Crippen molar-refractivity contribution in [3.05, 3.63) is 72.1 Å². The Morgan fingerprint density at radius 3 is 2.30 bits per heavy atom. The van der Waals surface area contributed by atoms with Gasteiger partial charge in [-0.1, -0.05) is 54.6 Å². The van der Waals surface area contributed by atoms with Gasteiger partial charge in [-0.3, -0.25) is 9.69 Å². The Bertz CT molecular complexity index is 1090. The minimum Gasteiger partial charge on any atom is -0.324 e. The van der Waals surface area contributed by atoms with Gasteiger partial charge < -0.3 is 5.32 Å². The molecule has 0 atom stereocenters. The van der Waals surface area contributed by atoms with E-state index in [2.05, 4.69) is 5.32 Å². The third kappa shape index (κ3) is 4.62. The van der Waals surface area contributed by atoms with Gasteiger partial charge >= 0.3 is 0 Å². The topological polar surface area (TPSA) is 69.7 Å². The van der Waals surface area contributed by atoms with Crippen LogP contribution in [0.4, 0.5) is 5.69 Å². The largest absolute Gasteiger partial charge is 0.324 e. The van der Waals surface area contributed by atoms with Crippen LogP contribution in [0.2, 0.25) is 0 Å². The number of hydrogen-bond acceptors (Lipinski definition) is 5. The third-order valence-electron chi connectivity index (χ3n) is 5.07. The van der Waals surface area contributed by atoms with Gasteiger partial charge in [-0.25, -0.2) is 8.42 Å². The smallest absolute Gasteiger partial charge is 0.252 e. The number of amides is 1. The summed E-state index contributed by atoms with van der Waals surface area (Å²) in [4.78, 5) is 14.6. The van der Waals surface area contributed by atoms with Crippen molar-refractivity contribution in [1.29, 1.82) is 0 Å². The molecule has 0 bridgehead atoms. The lowest BCUT2D eigenvalue weighted by molar-refractivity contribution is -0.117. The molecule has 0 radical (unpaired) electrons. The zero-order valence-electron chi connectivity index (χ0n) is 16.4. The number of carbonyl (C=O) groups is 1. The minimum absolute atomic E-state index is 0.104. The molecule has 2 aromatic carbocycles. The molecular weight excluding hydrogens is 418 g/mol. The van der Waals surface area contributed by atoms with Crippen LogP contribution in [-0.2, 0) is 14.8 Å². The van der Waals surface area contributed by atoms with Crippen LogP contribution in [0.1, 0.15) is 0 Å². The first-order valence-corrected chi connectivity index (χ1v) is 12.1. The quantitative estimate of drug-likeness (QED) is 0.637. The Morgan fingerprint density at radius 1 is 0.900 bits per heavy atom. The molecule has 0 saturated carbocycles. The fourth-order valence-electron chi connectivity index (χ4n) is 3.52. The van der Waals surface area contributed by atoms with E-state index in [9.17, 15) is 13.2 Å². The van der Waals surface area contributed by atoms with E-state index in [1.807, 2.05) is 59.5 Å². The van der Waals surface area contributed by atoms with Crippen LogP contribution in [-0.4, -0.2) is 56.3 Å². The van der Waals surface area contributed by atoms with Crippen molar-refractivity contribution in [2.75, 3.05) is 38.0 Å². The molecule has 0 unspecified atom stereocenters. The van der Waals surface area contributed by atoms with Crippen LogP contribution in [0.15, 0.2) is 76.3 Å². The predicted octanol–water partition coefficient (Wildman–Crippen LogP) is 3.36. The van der Waals surface area contributed by atoms with Gasteiger partial charge in [0.15, 0.2) is 0 Å². The number of nitrogens with zero attached hydrogens (tertiary/aromatic N) is 2. The molecule has 4 rings (SSSR count). The summed E-state index contributed by atoms with van der Waals surface area (Å²) in [6.07, 6.45) is 0. The monoisotopic (exact) mass is 441 g/mol. The number of hydrogen-bond donors (Lipinski definition) is 1. The fraction of sp³-hybridized carbons (Fsp3) is 0.227. The van der Waals surface area contributed by atoms with Crippen molar-refractivity contribution in [3.63, 3.8) is 0 Å². The summed E-state index contributed by atoms with van der Waals surface area (Å²) in [6, 6.07) is 21.0. The zero-order valence-corrected chi connectivity index (χ0v) is 18.0. The van der Waals surface area contributed by atoms with Crippen molar-refractivity contribution < 1.29 is 13.2 Å². The second-order valence-corrected chi connectivity index (χ2v) is 10.2. The van der Waals surface area contributed by atoms with Crippen molar-refractivity contribution in [2.24, 2.45) is 0 Å². The van der Waals surface area contributed by atoms with Crippen LogP contribution in [0.5, 0.6) is 0 Å². The van der Waals surface area contributed by atoms with Gasteiger partial charge in [0.2, 0.25) is 5.91 Å². The summed E-state index contributed by atoms with van der Waals surface area (Å²) in [5.74, 6) is -0.104. The average Bonchev–Trinajstić information content (AvgIpc) is 3.31. The van der Waals surface area contributed by atoms with Crippen LogP contribution in [0.25, 0.3) is 11.1 Å². The standard InChI is InChI=1S/C22H23N3O3S2/c26-21(23-20-10-5-4-9-19(20)18-7-2-1-3-8-18)17-24-12-14-25(15-13-24)30(27,28)22-11-6-16-29-22/h1-11,16H,12-15,17H2,(H,23,26). The molecule has 0 spiro atoms. The molecule has 1 aliphatic heterocycles. The molecule has 1 aromatic heterocycles. The summed E-state index contributed by atoms with van der Waals surface area (Å²) in [6.45, 7) is 2.05. The van der Waals surface area contributed by atoms with E-state index in [1.54, 1.807) is 17.5 Å². The Morgan fingerprint density at radius 2 is 1.60 bits per heavy atom. The first kappa shape index (κ1) is 20.7. The first-order chi connectivity index (χ1) is 14.5. The van der Waals surface area contributed by atoms with Crippen LogP contribution in [0.3, 0.4) is 0 Å². The van der Waals surface area contributed by atoms with Crippen LogP contribution in [0, 0.1) is 0 Å². The van der Waals surface area contributed by atoms with Gasteiger partial charge in [-0.2, -0.15) is 4.31 Å². The van der Waals surface area contributed by atoms with Gasteiger partial charge in [-0.05, 0) is 23.1 Å². The normalized spacial score (nSPS) is 15.7. The number of piperazine rings is 1. The third-order valence-corrected chi connectivity index (χ3v) is 8.35. The van der Waals surface area contributed by atoms with E-state index in [0.29, 0.717) is 30.4 Å². The maximum Gasteiger partial charge on any atom is 0.252 e. The Labute approximate surface area is 180 Å². The molecule has 30 heavy (non-hydrogen) atoms. The van der Waals surface area contributed by atoms with Crippen molar-refractivity contribution in [1.82, 2.24) is 9.21 Å². The first-order valence-electron chi connectivity index (χ1n) is 9.74. The molecule has 1 N–H and O–H groups in total. The van der Waals surface area contributed by atoms with Gasteiger partial charge in [0.25, 0.3) is 10.0 Å². The Balaban J connectivity index is 1.35. The van der Waals surface area contributed by atoms with Crippen LogP contribution >= 0.6 is 11.3 Å². The molecule has 6 nitrogen and oxygen atoms in total. The van der Waals surface area contributed by atoms with E-state index in [1.165, 1.54) is 15.6 Å². The van der Waals surface area contributed by atoms with Gasteiger partial charge in [0.1, 0.15) is 4.21 Å². The summed E-state index contributed by atoms with van der Waals surface area (Å²) in [5.41, 5.74) is 2.78. The number of carbonyl (C=O) groups excluding carboxylic acids is 1. The molecule has 0 aliphatic carbocycles. The highest BCUT2D eigenvalue weighted by Gasteiger charge is 2.29. The summed E-state index contributed by atoms with van der Waals surface area (Å²) < 4.78 is 27.1.